The van der Waals surface area contributed by atoms with Crippen molar-refractivity contribution in [3.63, 3.8) is 0 Å². The standard InChI is InChI=1S/C25H18F3N.C5H5N/c26-25(27,28)20-13-7-12-19-22(17-8-3-1-4-9-17)21(16-29-23(19)20)24(14-15-24)18-10-5-2-6-11-18;1-2-4-6-5-3-1/h1-13,16H,14-15H2;1-5H/p+1. The summed E-state index contributed by atoms with van der Waals surface area (Å²) in [7, 11) is 0. The number of pyridine rings is 2. The molecule has 5 heteroatoms. The van der Waals surface area contributed by atoms with Crippen molar-refractivity contribution in [2.24, 2.45) is 0 Å². The van der Waals surface area contributed by atoms with Gasteiger partial charge >= 0.3 is 6.18 Å². The molecule has 1 saturated carbocycles. The molecule has 1 aliphatic carbocycles. The maximum atomic E-state index is 13.6. The lowest BCUT2D eigenvalue weighted by molar-refractivity contribution is -0.377. The van der Waals surface area contributed by atoms with Gasteiger partial charge in [0.25, 0.3) is 0 Å². The molecule has 5 aromatic rings. The van der Waals surface area contributed by atoms with E-state index in [1.165, 1.54) is 11.6 Å². The number of rotatable bonds is 3. The van der Waals surface area contributed by atoms with Crippen molar-refractivity contribution in [3.8, 4) is 11.1 Å². The first-order chi connectivity index (χ1) is 17.0. The van der Waals surface area contributed by atoms with Gasteiger partial charge in [0.2, 0.25) is 0 Å². The molecule has 1 aliphatic rings. The van der Waals surface area contributed by atoms with E-state index in [2.05, 4.69) is 22.1 Å². The van der Waals surface area contributed by atoms with Crippen LogP contribution in [0.15, 0.2) is 116 Å². The molecule has 0 atom stereocenters. The van der Waals surface area contributed by atoms with E-state index in [-0.39, 0.29) is 10.9 Å². The Hall–Kier alpha value is -3.99. The number of benzene rings is 3. The van der Waals surface area contributed by atoms with Crippen molar-refractivity contribution in [2.45, 2.75) is 24.4 Å². The van der Waals surface area contributed by atoms with Gasteiger partial charge in [-0.05, 0) is 41.2 Å². The zero-order chi connectivity index (χ0) is 24.3. The third-order valence-corrected chi connectivity index (χ3v) is 6.46. The Bertz CT molecular complexity index is 1390. The fourth-order valence-corrected chi connectivity index (χ4v) is 4.67. The van der Waals surface area contributed by atoms with Gasteiger partial charge in [0.05, 0.1) is 11.1 Å². The van der Waals surface area contributed by atoms with Gasteiger partial charge in [0.15, 0.2) is 12.4 Å². The number of para-hydroxylation sites is 1. The summed E-state index contributed by atoms with van der Waals surface area (Å²) in [6, 6.07) is 30.0. The number of aromatic amines is 1. The molecule has 174 valence electrons. The predicted molar refractivity (Wildman–Crippen MR) is 132 cm³/mol. The van der Waals surface area contributed by atoms with E-state index in [9.17, 15) is 13.2 Å². The highest BCUT2D eigenvalue weighted by molar-refractivity contribution is 5.98. The monoisotopic (exact) mass is 469 g/mol. The fraction of sp³-hybridized carbons (Fsp3) is 0.133. The predicted octanol–water partition coefficient (Wildman–Crippen LogP) is 7.50. The minimum absolute atomic E-state index is 0.00599. The zero-order valence-corrected chi connectivity index (χ0v) is 19.0. The van der Waals surface area contributed by atoms with Gasteiger partial charge in [-0.3, -0.25) is 4.98 Å². The second-order valence-electron chi connectivity index (χ2n) is 8.64. The van der Waals surface area contributed by atoms with Crippen molar-refractivity contribution in [1.82, 2.24) is 4.98 Å². The molecule has 0 amide bonds. The van der Waals surface area contributed by atoms with Crippen LogP contribution in [0.4, 0.5) is 13.2 Å². The number of fused-ring (bicyclic) bond motifs is 1. The smallest absolute Gasteiger partial charge is 0.255 e. The molecule has 0 radical (unpaired) electrons. The molecule has 1 fully saturated rings. The molecule has 6 rings (SSSR count). The van der Waals surface area contributed by atoms with E-state index in [0.717, 1.165) is 35.6 Å². The Balaban J connectivity index is 0.000000371. The summed E-state index contributed by atoms with van der Waals surface area (Å²) in [5.41, 5.74) is 3.07. The molecule has 2 nitrogen and oxygen atoms in total. The third-order valence-electron chi connectivity index (χ3n) is 6.46. The van der Waals surface area contributed by atoms with Crippen molar-refractivity contribution >= 4 is 10.9 Å². The van der Waals surface area contributed by atoms with E-state index in [0.29, 0.717) is 5.39 Å². The fourth-order valence-electron chi connectivity index (χ4n) is 4.67. The molecule has 35 heavy (non-hydrogen) atoms. The van der Waals surface area contributed by atoms with Gasteiger partial charge in [-0.25, -0.2) is 4.98 Å². The molecule has 2 aromatic heterocycles. The number of aromatic nitrogens is 2. The third kappa shape index (κ3) is 4.54. The van der Waals surface area contributed by atoms with E-state index in [1.54, 1.807) is 12.3 Å². The Kier molecular flexibility index (Phi) is 6.08. The van der Waals surface area contributed by atoms with Crippen LogP contribution in [0.3, 0.4) is 0 Å². The van der Waals surface area contributed by atoms with Gasteiger partial charge in [-0.1, -0.05) is 78.9 Å². The first-order valence-corrected chi connectivity index (χ1v) is 11.5. The highest BCUT2D eigenvalue weighted by atomic mass is 19.4. The molecule has 0 unspecified atom stereocenters. The van der Waals surface area contributed by atoms with Crippen LogP contribution >= 0.6 is 0 Å². The zero-order valence-electron chi connectivity index (χ0n) is 19.0. The summed E-state index contributed by atoms with van der Waals surface area (Å²) in [6.07, 6.45) is 2.89. The Labute approximate surface area is 202 Å². The summed E-state index contributed by atoms with van der Waals surface area (Å²) in [6.45, 7) is 0. The van der Waals surface area contributed by atoms with E-state index >= 15 is 0 Å². The Morgan fingerprint density at radius 3 is 1.89 bits per heavy atom. The van der Waals surface area contributed by atoms with Crippen LogP contribution < -0.4 is 4.98 Å². The van der Waals surface area contributed by atoms with Crippen LogP contribution in [0, 0.1) is 0 Å². The summed E-state index contributed by atoms with van der Waals surface area (Å²) in [5, 5.41) is 0.547. The quantitative estimate of drug-likeness (QED) is 0.269. The minimum Gasteiger partial charge on any atom is -0.255 e. The lowest BCUT2D eigenvalue weighted by atomic mass is 9.82. The number of hydrogen-bond donors (Lipinski definition) is 0. The van der Waals surface area contributed by atoms with Crippen molar-refractivity contribution < 1.29 is 18.2 Å². The number of alkyl halides is 3. The van der Waals surface area contributed by atoms with E-state index in [4.69, 9.17) is 0 Å². The van der Waals surface area contributed by atoms with Crippen LogP contribution in [-0.2, 0) is 11.6 Å². The van der Waals surface area contributed by atoms with Gasteiger partial charge in [0, 0.05) is 29.1 Å². The largest absolute Gasteiger partial charge is 0.418 e. The second-order valence-corrected chi connectivity index (χ2v) is 8.64. The van der Waals surface area contributed by atoms with Crippen LogP contribution in [0.5, 0.6) is 0 Å². The number of nitrogens with one attached hydrogen (secondary N) is 1. The number of halogens is 3. The molecular weight excluding hydrogens is 445 g/mol. The summed E-state index contributed by atoms with van der Waals surface area (Å²) in [5.74, 6) is 0. The van der Waals surface area contributed by atoms with Crippen molar-refractivity contribution in [2.75, 3.05) is 0 Å². The first-order valence-electron chi connectivity index (χ1n) is 11.5. The lowest BCUT2D eigenvalue weighted by Gasteiger charge is -2.22. The van der Waals surface area contributed by atoms with Crippen LogP contribution in [0.2, 0.25) is 0 Å². The van der Waals surface area contributed by atoms with Crippen LogP contribution in [0.1, 0.15) is 29.5 Å². The van der Waals surface area contributed by atoms with Gasteiger partial charge < -0.3 is 0 Å². The average molecular weight is 470 g/mol. The minimum atomic E-state index is -4.45. The number of nitrogens with zero attached hydrogens (tertiary/aromatic N) is 1. The Morgan fingerprint density at radius 2 is 1.34 bits per heavy atom. The molecule has 0 aliphatic heterocycles. The van der Waals surface area contributed by atoms with Crippen LogP contribution in [0.25, 0.3) is 22.0 Å². The first kappa shape index (κ1) is 22.8. The number of H-pyrrole nitrogens is 1. The number of hydrogen-bond acceptors (Lipinski definition) is 1. The molecule has 3 aromatic carbocycles. The summed E-state index contributed by atoms with van der Waals surface area (Å²) < 4.78 is 40.9. The highest BCUT2D eigenvalue weighted by Crippen LogP contribution is 2.56. The van der Waals surface area contributed by atoms with Gasteiger partial charge in [-0.15, -0.1) is 0 Å². The molecule has 0 spiro atoms. The van der Waals surface area contributed by atoms with Crippen molar-refractivity contribution in [1.29, 1.82) is 0 Å². The van der Waals surface area contributed by atoms with Crippen LogP contribution in [-0.4, -0.2) is 4.98 Å². The molecule has 0 bridgehead atoms. The molecule has 0 saturated heterocycles. The summed E-state index contributed by atoms with van der Waals surface area (Å²) in [4.78, 5) is 7.24. The van der Waals surface area contributed by atoms with E-state index in [1.807, 2.05) is 79.1 Å². The normalized spacial score (nSPS) is 14.1. The Morgan fingerprint density at radius 1 is 0.714 bits per heavy atom. The maximum Gasteiger partial charge on any atom is 0.418 e. The average Bonchev–Trinajstić information content (AvgIpc) is 3.71. The molecule has 1 N–H and O–H groups in total. The van der Waals surface area contributed by atoms with Gasteiger partial charge in [0.1, 0.15) is 0 Å². The lowest BCUT2D eigenvalue weighted by Crippen LogP contribution is -2.13. The van der Waals surface area contributed by atoms with Crippen molar-refractivity contribution in [3.05, 3.63) is 132 Å². The molecular formula is C30H24F3N2+. The van der Waals surface area contributed by atoms with E-state index < -0.39 is 11.7 Å². The summed E-state index contributed by atoms with van der Waals surface area (Å²) >= 11 is 0. The highest BCUT2D eigenvalue weighted by Gasteiger charge is 2.48. The maximum absolute atomic E-state index is 13.6. The SMILES string of the molecule is FC(F)(F)c1cccc2c(-c3ccccc3)c(C3(c4ccccc4)CC3)cnc12.c1cc[nH+]cc1. The topological polar surface area (TPSA) is 27.0 Å². The second kappa shape index (κ2) is 9.34. The van der Waals surface area contributed by atoms with Gasteiger partial charge in [-0.2, -0.15) is 13.2 Å². The molecule has 2 heterocycles.